The average Bonchev–Trinajstić information content (AvgIpc) is 3.04. The first-order valence-electron chi connectivity index (χ1n) is 7.89. The second kappa shape index (κ2) is 6.18. The van der Waals surface area contributed by atoms with Gasteiger partial charge in [0.15, 0.2) is 5.75 Å². The van der Waals surface area contributed by atoms with Crippen LogP contribution in [0.1, 0.15) is 6.92 Å². The number of hydrogen-bond donors (Lipinski definition) is 1. The standard InChI is InChI=1S/C20H16N2O2S/c1-12(23)22-16-8-7-15-14(9-10-21-19(15)20(16)24-2)18-11-13-5-3-4-6-17(13)25-18/h3-11H,1-2H3,(H,22,23). The van der Waals surface area contributed by atoms with E-state index < -0.39 is 0 Å². The Labute approximate surface area is 149 Å². The Morgan fingerprint density at radius 1 is 1.16 bits per heavy atom. The van der Waals surface area contributed by atoms with Crippen LogP contribution in [0.4, 0.5) is 5.69 Å². The lowest BCUT2D eigenvalue weighted by Gasteiger charge is -2.13. The summed E-state index contributed by atoms with van der Waals surface area (Å²) in [6.07, 6.45) is 1.78. The number of nitrogens with zero attached hydrogens (tertiary/aromatic N) is 1. The molecule has 0 saturated carbocycles. The summed E-state index contributed by atoms with van der Waals surface area (Å²) in [7, 11) is 1.59. The van der Waals surface area contributed by atoms with E-state index in [1.807, 2.05) is 24.3 Å². The number of rotatable bonds is 3. The first kappa shape index (κ1) is 15.6. The van der Waals surface area contributed by atoms with Gasteiger partial charge in [-0.3, -0.25) is 9.78 Å². The van der Waals surface area contributed by atoms with Crippen molar-refractivity contribution in [3.8, 4) is 16.2 Å². The maximum Gasteiger partial charge on any atom is 0.221 e. The summed E-state index contributed by atoms with van der Waals surface area (Å²) in [6, 6.07) is 16.4. The second-order valence-corrected chi connectivity index (χ2v) is 6.81. The fraction of sp³-hybridized carbons (Fsp3) is 0.100. The van der Waals surface area contributed by atoms with Crippen molar-refractivity contribution in [2.24, 2.45) is 0 Å². The fourth-order valence-corrected chi connectivity index (χ4v) is 4.12. The molecule has 2 aromatic heterocycles. The molecular weight excluding hydrogens is 332 g/mol. The number of anilines is 1. The maximum atomic E-state index is 11.4. The second-order valence-electron chi connectivity index (χ2n) is 5.73. The van der Waals surface area contributed by atoms with Gasteiger partial charge in [-0.25, -0.2) is 0 Å². The van der Waals surface area contributed by atoms with Crippen molar-refractivity contribution in [2.45, 2.75) is 6.92 Å². The van der Waals surface area contributed by atoms with Crippen LogP contribution in [0.3, 0.4) is 0 Å². The fourth-order valence-electron chi connectivity index (χ4n) is 3.02. The minimum Gasteiger partial charge on any atom is -0.492 e. The van der Waals surface area contributed by atoms with Crippen molar-refractivity contribution in [1.82, 2.24) is 4.98 Å². The molecule has 0 aliphatic carbocycles. The number of carbonyl (C=O) groups excluding carboxylic acids is 1. The zero-order chi connectivity index (χ0) is 17.4. The van der Waals surface area contributed by atoms with E-state index in [0.717, 1.165) is 16.5 Å². The predicted molar refractivity (Wildman–Crippen MR) is 103 cm³/mol. The van der Waals surface area contributed by atoms with Gasteiger partial charge in [0.05, 0.1) is 12.8 Å². The summed E-state index contributed by atoms with van der Waals surface area (Å²) >= 11 is 1.76. The number of hydrogen-bond acceptors (Lipinski definition) is 4. The Hall–Kier alpha value is -2.92. The van der Waals surface area contributed by atoms with Crippen LogP contribution in [0.5, 0.6) is 5.75 Å². The third-order valence-electron chi connectivity index (χ3n) is 4.07. The highest BCUT2D eigenvalue weighted by atomic mass is 32.1. The van der Waals surface area contributed by atoms with E-state index in [4.69, 9.17) is 4.74 Å². The van der Waals surface area contributed by atoms with Gasteiger partial charge in [-0.05, 0) is 35.7 Å². The number of thiophene rings is 1. The molecule has 0 fully saturated rings. The van der Waals surface area contributed by atoms with Crippen molar-refractivity contribution in [3.63, 3.8) is 0 Å². The van der Waals surface area contributed by atoms with Gasteiger partial charge in [-0.15, -0.1) is 11.3 Å². The van der Waals surface area contributed by atoms with E-state index in [2.05, 4.69) is 34.6 Å². The molecule has 0 saturated heterocycles. The molecule has 124 valence electrons. The van der Waals surface area contributed by atoms with Gasteiger partial charge in [-0.1, -0.05) is 18.2 Å². The molecule has 4 rings (SSSR count). The van der Waals surface area contributed by atoms with Crippen molar-refractivity contribution in [1.29, 1.82) is 0 Å². The highest BCUT2D eigenvalue weighted by molar-refractivity contribution is 7.22. The number of methoxy groups -OCH3 is 1. The zero-order valence-electron chi connectivity index (χ0n) is 13.9. The zero-order valence-corrected chi connectivity index (χ0v) is 14.7. The molecule has 0 atom stereocenters. The molecule has 0 aliphatic rings. The molecule has 0 bridgehead atoms. The lowest BCUT2D eigenvalue weighted by molar-refractivity contribution is -0.114. The Morgan fingerprint density at radius 3 is 2.76 bits per heavy atom. The number of carbonyl (C=O) groups is 1. The van der Waals surface area contributed by atoms with Crippen LogP contribution in [0, 0.1) is 0 Å². The maximum absolute atomic E-state index is 11.4. The molecule has 4 aromatic rings. The summed E-state index contributed by atoms with van der Waals surface area (Å²) in [5, 5.41) is 5.03. The summed E-state index contributed by atoms with van der Waals surface area (Å²) in [4.78, 5) is 17.1. The summed E-state index contributed by atoms with van der Waals surface area (Å²) in [5.74, 6) is 0.439. The highest BCUT2D eigenvalue weighted by Gasteiger charge is 2.15. The Kier molecular flexibility index (Phi) is 3.86. The average molecular weight is 348 g/mol. The van der Waals surface area contributed by atoms with Gasteiger partial charge >= 0.3 is 0 Å². The molecular formula is C20H16N2O2S. The quantitative estimate of drug-likeness (QED) is 0.561. The van der Waals surface area contributed by atoms with E-state index in [1.54, 1.807) is 24.6 Å². The Bertz CT molecular complexity index is 1070. The van der Waals surface area contributed by atoms with E-state index in [1.165, 1.54) is 21.9 Å². The van der Waals surface area contributed by atoms with Crippen LogP contribution in [0.25, 0.3) is 31.4 Å². The van der Waals surface area contributed by atoms with Crippen LogP contribution in [0.15, 0.2) is 54.7 Å². The number of aromatic nitrogens is 1. The van der Waals surface area contributed by atoms with Crippen LogP contribution in [-0.4, -0.2) is 18.0 Å². The molecule has 2 aromatic carbocycles. The number of benzene rings is 2. The molecule has 1 N–H and O–H groups in total. The normalized spacial score (nSPS) is 11.0. The predicted octanol–water partition coefficient (Wildman–Crippen LogP) is 5.08. The van der Waals surface area contributed by atoms with Gasteiger partial charge in [0.25, 0.3) is 0 Å². The smallest absolute Gasteiger partial charge is 0.221 e. The number of ether oxygens (including phenoxy) is 1. The first-order valence-corrected chi connectivity index (χ1v) is 8.71. The lowest BCUT2D eigenvalue weighted by atomic mass is 10.1. The summed E-state index contributed by atoms with van der Waals surface area (Å²) < 4.78 is 6.79. The van der Waals surface area contributed by atoms with E-state index in [0.29, 0.717) is 11.4 Å². The van der Waals surface area contributed by atoms with Gasteiger partial charge in [0, 0.05) is 33.6 Å². The molecule has 1 amide bonds. The molecule has 0 spiro atoms. The minimum atomic E-state index is -0.140. The molecule has 4 nitrogen and oxygen atoms in total. The third kappa shape index (κ3) is 2.72. The number of nitrogens with one attached hydrogen (secondary N) is 1. The van der Waals surface area contributed by atoms with Crippen molar-refractivity contribution in [3.05, 3.63) is 54.7 Å². The van der Waals surface area contributed by atoms with Gasteiger partial charge in [0.1, 0.15) is 5.52 Å². The number of pyridine rings is 1. The monoisotopic (exact) mass is 348 g/mol. The molecule has 5 heteroatoms. The van der Waals surface area contributed by atoms with E-state index >= 15 is 0 Å². The van der Waals surface area contributed by atoms with Crippen LogP contribution in [-0.2, 0) is 4.79 Å². The Balaban J connectivity index is 1.94. The largest absolute Gasteiger partial charge is 0.492 e. The van der Waals surface area contributed by atoms with Crippen LogP contribution >= 0.6 is 11.3 Å². The lowest BCUT2D eigenvalue weighted by Crippen LogP contribution is -2.07. The van der Waals surface area contributed by atoms with Crippen LogP contribution in [0.2, 0.25) is 0 Å². The molecule has 0 unspecified atom stereocenters. The third-order valence-corrected chi connectivity index (χ3v) is 5.22. The SMILES string of the molecule is COc1c(NC(C)=O)ccc2c(-c3cc4ccccc4s3)ccnc12. The summed E-state index contributed by atoms with van der Waals surface area (Å²) in [5.41, 5.74) is 2.48. The van der Waals surface area contributed by atoms with Crippen molar-refractivity contribution in [2.75, 3.05) is 12.4 Å². The molecule has 0 aliphatic heterocycles. The Morgan fingerprint density at radius 2 is 2.00 bits per heavy atom. The minimum absolute atomic E-state index is 0.140. The summed E-state index contributed by atoms with van der Waals surface area (Å²) in [6.45, 7) is 1.48. The molecule has 0 radical (unpaired) electrons. The first-order chi connectivity index (χ1) is 12.2. The van der Waals surface area contributed by atoms with Crippen molar-refractivity contribution >= 4 is 43.9 Å². The van der Waals surface area contributed by atoms with Crippen LogP contribution < -0.4 is 10.1 Å². The van der Waals surface area contributed by atoms with Gasteiger partial charge in [0.2, 0.25) is 5.91 Å². The topological polar surface area (TPSA) is 51.2 Å². The molecule has 25 heavy (non-hydrogen) atoms. The van der Waals surface area contributed by atoms with Gasteiger partial charge in [-0.2, -0.15) is 0 Å². The number of amides is 1. The van der Waals surface area contributed by atoms with Crippen molar-refractivity contribution < 1.29 is 9.53 Å². The van der Waals surface area contributed by atoms with E-state index in [9.17, 15) is 4.79 Å². The highest BCUT2D eigenvalue weighted by Crippen LogP contribution is 2.40. The van der Waals surface area contributed by atoms with E-state index in [-0.39, 0.29) is 5.91 Å². The molecule has 2 heterocycles. The number of fused-ring (bicyclic) bond motifs is 2. The van der Waals surface area contributed by atoms with Gasteiger partial charge < -0.3 is 10.1 Å².